The number of aromatic nitrogens is 2. The molecule has 0 aliphatic rings. The average molecular weight is 545 g/mol. The fourth-order valence-corrected chi connectivity index (χ4v) is 4.39. The number of nitrogens with one attached hydrogen (secondary N) is 2. The number of hydrogen-bond acceptors (Lipinski definition) is 6. The van der Waals surface area contributed by atoms with Gasteiger partial charge in [-0.25, -0.2) is 4.79 Å². The van der Waals surface area contributed by atoms with Crippen LogP contribution in [-0.2, 0) is 17.9 Å². The number of ether oxygens (including phenoxy) is 2. The van der Waals surface area contributed by atoms with Gasteiger partial charge in [0.1, 0.15) is 6.54 Å². The van der Waals surface area contributed by atoms with E-state index >= 15 is 0 Å². The molecule has 4 aromatic rings. The van der Waals surface area contributed by atoms with Crippen molar-refractivity contribution < 1.29 is 19.1 Å². The van der Waals surface area contributed by atoms with Gasteiger partial charge < -0.3 is 20.1 Å². The van der Waals surface area contributed by atoms with Crippen molar-refractivity contribution in [2.45, 2.75) is 33.4 Å². The quantitative estimate of drug-likeness (QED) is 0.316. The standard InChI is InChI=1S/C30H32N4O6/c1-5-13-31-28(36)21-11-9-20(10-12-21)17-34-29(37)23-15-25(39-3)26(40-4)16-24(23)33(30(34)38)18-27(35)32-22-8-6-7-19(2)14-22/h6-12,14-16H,5,13,17-18H2,1-4H3,(H,31,36)(H,32,35). The summed E-state index contributed by atoms with van der Waals surface area (Å²) in [4.78, 5) is 52.6. The number of amides is 2. The summed E-state index contributed by atoms with van der Waals surface area (Å²) in [5, 5.41) is 5.82. The van der Waals surface area contributed by atoms with E-state index in [0.717, 1.165) is 16.6 Å². The first-order valence-corrected chi connectivity index (χ1v) is 12.9. The highest BCUT2D eigenvalue weighted by Crippen LogP contribution is 2.30. The zero-order valence-corrected chi connectivity index (χ0v) is 22.9. The molecule has 0 bridgehead atoms. The van der Waals surface area contributed by atoms with Crippen LogP contribution in [0.4, 0.5) is 5.69 Å². The molecule has 0 saturated carbocycles. The summed E-state index contributed by atoms with van der Waals surface area (Å²) in [6, 6.07) is 17.0. The number of benzene rings is 3. The second-order valence-corrected chi connectivity index (χ2v) is 9.35. The van der Waals surface area contributed by atoms with Gasteiger partial charge in [0, 0.05) is 23.9 Å². The average Bonchev–Trinajstić information content (AvgIpc) is 2.95. The third-order valence-corrected chi connectivity index (χ3v) is 6.43. The predicted molar refractivity (Wildman–Crippen MR) is 154 cm³/mol. The van der Waals surface area contributed by atoms with Gasteiger partial charge in [-0.2, -0.15) is 0 Å². The largest absolute Gasteiger partial charge is 0.493 e. The summed E-state index contributed by atoms with van der Waals surface area (Å²) >= 11 is 0. The summed E-state index contributed by atoms with van der Waals surface area (Å²) in [5.74, 6) is 0.00237. The first kappa shape index (κ1) is 28.2. The molecule has 4 rings (SSSR count). The summed E-state index contributed by atoms with van der Waals surface area (Å²) in [6.07, 6.45) is 0.820. The summed E-state index contributed by atoms with van der Waals surface area (Å²) in [5.41, 5.74) is 1.73. The molecule has 10 nitrogen and oxygen atoms in total. The molecule has 40 heavy (non-hydrogen) atoms. The highest BCUT2D eigenvalue weighted by atomic mass is 16.5. The van der Waals surface area contributed by atoms with Crippen molar-refractivity contribution >= 4 is 28.4 Å². The molecule has 0 aliphatic carbocycles. The lowest BCUT2D eigenvalue weighted by atomic mass is 10.1. The van der Waals surface area contributed by atoms with E-state index in [1.807, 2.05) is 32.0 Å². The summed E-state index contributed by atoms with van der Waals surface area (Å²) in [7, 11) is 2.90. The van der Waals surface area contributed by atoms with E-state index in [2.05, 4.69) is 10.6 Å². The maximum Gasteiger partial charge on any atom is 0.332 e. The van der Waals surface area contributed by atoms with Gasteiger partial charge in [0.15, 0.2) is 11.5 Å². The molecule has 0 atom stereocenters. The molecule has 2 N–H and O–H groups in total. The fraction of sp³-hybridized carbons (Fsp3) is 0.267. The number of carbonyl (C=O) groups is 2. The minimum absolute atomic E-state index is 0.0572. The second kappa shape index (κ2) is 12.3. The van der Waals surface area contributed by atoms with Gasteiger partial charge in [0.05, 0.1) is 31.7 Å². The molecular weight excluding hydrogens is 512 g/mol. The van der Waals surface area contributed by atoms with Crippen LogP contribution in [0.2, 0.25) is 0 Å². The maximum absolute atomic E-state index is 13.7. The highest BCUT2D eigenvalue weighted by molar-refractivity contribution is 5.94. The number of rotatable bonds is 10. The van der Waals surface area contributed by atoms with Crippen molar-refractivity contribution in [3.8, 4) is 11.5 Å². The van der Waals surface area contributed by atoms with E-state index < -0.39 is 17.2 Å². The third kappa shape index (κ3) is 6.06. The van der Waals surface area contributed by atoms with Gasteiger partial charge in [0.25, 0.3) is 11.5 Å². The molecule has 208 valence electrons. The minimum atomic E-state index is -0.658. The monoisotopic (exact) mass is 544 g/mol. The van der Waals surface area contributed by atoms with Gasteiger partial charge >= 0.3 is 5.69 Å². The van der Waals surface area contributed by atoms with Crippen LogP contribution in [0.5, 0.6) is 11.5 Å². The Kier molecular flexibility index (Phi) is 8.68. The number of carbonyl (C=O) groups excluding carboxylic acids is 2. The molecule has 3 aromatic carbocycles. The Morgan fingerprint density at radius 3 is 2.25 bits per heavy atom. The molecule has 1 heterocycles. The van der Waals surface area contributed by atoms with Crippen molar-refractivity contribution in [2.75, 3.05) is 26.1 Å². The SMILES string of the molecule is CCCNC(=O)c1ccc(Cn2c(=O)c3cc(OC)c(OC)cc3n(CC(=O)Nc3cccc(C)c3)c2=O)cc1. The number of nitrogens with zero attached hydrogens (tertiary/aromatic N) is 2. The molecule has 0 fully saturated rings. The van der Waals surface area contributed by atoms with Gasteiger partial charge in [0.2, 0.25) is 5.91 Å². The van der Waals surface area contributed by atoms with E-state index in [1.165, 1.54) is 30.9 Å². The normalized spacial score (nSPS) is 10.8. The molecule has 1 aromatic heterocycles. The number of methoxy groups -OCH3 is 2. The van der Waals surface area contributed by atoms with Crippen LogP contribution >= 0.6 is 0 Å². The zero-order valence-electron chi connectivity index (χ0n) is 22.9. The van der Waals surface area contributed by atoms with E-state index in [1.54, 1.807) is 30.3 Å². The molecule has 2 amide bonds. The van der Waals surface area contributed by atoms with E-state index in [-0.39, 0.29) is 29.9 Å². The van der Waals surface area contributed by atoms with Crippen LogP contribution in [0.25, 0.3) is 10.9 Å². The Morgan fingerprint density at radius 1 is 0.900 bits per heavy atom. The number of anilines is 1. The number of hydrogen-bond donors (Lipinski definition) is 2. The van der Waals surface area contributed by atoms with Crippen LogP contribution in [-0.4, -0.2) is 41.7 Å². The summed E-state index contributed by atoms with van der Waals surface area (Å²) < 4.78 is 13.1. The molecule has 0 radical (unpaired) electrons. The minimum Gasteiger partial charge on any atom is -0.493 e. The predicted octanol–water partition coefficient (Wildman–Crippen LogP) is 3.32. The van der Waals surface area contributed by atoms with Gasteiger partial charge in [-0.15, -0.1) is 0 Å². The van der Waals surface area contributed by atoms with Gasteiger partial charge in [-0.3, -0.25) is 23.5 Å². The first-order chi connectivity index (χ1) is 19.2. The lowest BCUT2D eigenvalue weighted by molar-refractivity contribution is -0.116. The van der Waals surface area contributed by atoms with Crippen LogP contribution in [0.15, 0.2) is 70.3 Å². The molecule has 10 heteroatoms. The maximum atomic E-state index is 13.7. The van der Waals surface area contributed by atoms with Crippen molar-refractivity contribution in [1.82, 2.24) is 14.5 Å². The van der Waals surface area contributed by atoms with Crippen LogP contribution in [0, 0.1) is 6.92 Å². The van der Waals surface area contributed by atoms with Crippen molar-refractivity contribution in [2.24, 2.45) is 0 Å². The van der Waals surface area contributed by atoms with Crippen molar-refractivity contribution in [3.63, 3.8) is 0 Å². The number of fused-ring (bicyclic) bond motifs is 1. The van der Waals surface area contributed by atoms with E-state index in [4.69, 9.17) is 9.47 Å². The topological polar surface area (TPSA) is 121 Å². The Labute approximate surface area is 231 Å². The third-order valence-electron chi connectivity index (χ3n) is 6.43. The zero-order chi connectivity index (χ0) is 28.8. The summed E-state index contributed by atoms with van der Waals surface area (Å²) in [6.45, 7) is 4.05. The number of aryl methyl sites for hydroxylation is 1. The van der Waals surface area contributed by atoms with Crippen LogP contribution in [0.1, 0.15) is 34.8 Å². The Balaban J connectivity index is 1.77. The Morgan fingerprint density at radius 2 is 1.60 bits per heavy atom. The Bertz CT molecular complexity index is 1670. The lowest BCUT2D eigenvalue weighted by Crippen LogP contribution is -2.42. The van der Waals surface area contributed by atoms with E-state index in [0.29, 0.717) is 34.9 Å². The van der Waals surface area contributed by atoms with Crippen LogP contribution in [0.3, 0.4) is 0 Å². The molecule has 0 unspecified atom stereocenters. The molecule has 0 aliphatic heterocycles. The van der Waals surface area contributed by atoms with Gasteiger partial charge in [-0.1, -0.05) is 31.2 Å². The first-order valence-electron chi connectivity index (χ1n) is 12.9. The van der Waals surface area contributed by atoms with Crippen LogP contribution < -0.4 is 31.4 Å². The van der Waals surface area contributed by atoms with E-state index in [9.17, 15) is 19.2 Å². The van der Waals surface area contributed by atoms with Crippen molar-refractivity contribution in [1.29, 1.82) is 0 Å². The van der Waals surface area contributed by atoms with Gasteiger partial charge in [-0.05, 0) is 54.8 Å². The smallest absolute Gasteiger partial charge is 0.332 e. The lowest BCUT2D eigenvalue weighted by Gasteiger charge is -2.16. The molecular formula is C30H32N4O6. The second-order valence-electron chi connectivity index (χ2n) is 9.35. The molecule has 0 spiro atoms. The highest BCUT2D eigenvalue weighted by Gasteiger charge is 2.19. The van der Waals surface area contributed by atoms with Crippen molar-refractivity contribution in [3.05, 3.63) is 98.2 Å². The fourth-order valence-electron chi connectivity index (χ4n) is 4.39. The molecule has 0 saturated heterocycles. The Hall–Kier alpha value is -4.86.